The van der Waals surface area contributed by atoms with Gasteiger partial charge >= 0.3 is 0 Å². The normalized spacial score (nSPS) is 19.5. The van der Waals surface area contributed by atoms with Crippen molar-refractivity contribution in [2.45, 2.75) is 63.3 Å². The van der Waals surface area contributed by atoms with Gasteiger partial charge in [0.25, 0.3) is 5.56 Å². The summed E-state index contributed by atoms with van der Waals surface area (Å²) in [4.78, 5) is 22.4. The van der Waals surface area contributed by atoms with E-state index in [1.165, 1.54) is 18.2 Å². The Hall–Kier alpha value is -2.76. The molecule has 1 aliphatic heterocycles. The fraction of sp³-hybridized carbons (Fsp3) is 0.560. The highest BCUT2D eigenvalue weighted by Gasteiger charge is 2.23. The van der Waals surface area contributed by atoms with Gasteiger partial charge < -0.3 is 14.6 Å². The van der Waals surface area contributed by atoms with Crippen molar-refractivity contribution >= 4 is 21.1 Å². The maximum absolute atomic E-state index is 13.3. The molecule has 3 aromatic rings. The molecule has 1 fully saturated rings. The van der Waals surface area contributed by atoms with Crippen LogP contribution in [0.25, 0.3) is 22.4 Å². The number of benzene rings is 1. The minimum atomic E-state index is -3.94. The predicted octanol–water partition coefficient (Wildman–Crippen LogP) is 2.83. The van der Waals surface area contributed by atoms with Crippen LogP contribution in [-0.2, 0) is 23.4 Å². The lowest BCUT2D eigenvalue weighted by Crippen LogP contribution is -2.31. The first-order valence-corrected chi connectivity index (χ1v) is 13.7. The molecule has 0 amide bonds. The number of nitrogens with zero attached hydrogens (tertiary/aromatic N) is 4. The molecule has 0 bridgehead atoms. The fourth-order valence-electron chi connectivity index (χ4n) is 4.43. The van der Waals surface area contributed by atoms with Crippen LogP contribution >= 0.6 is 0 Å². The summed E-state index contributed by atoms with van der Waals surface area (Å²) in [5.41, 5.74) is -1.63. The number of sulfonamides is 1. The van der Waals surface area contributed by atoms with Crippen molar-refractivity contribution in [3.63, 3.8) is 0 Å². The molecule has 1 unspecified atom stereocenters. The fourth-order valence-corrected chi connectivity index (χ4v) is 5.50. The van der Waals surface area contributed by atoms with Crippen molar-refractivity contribution in [1.29, 1.82) is 0 Å². The summed E-state index contributed by atoms with van der Waals surface area (Å²) in [6, 6.07) is 4.53. The number of likely N-dealkylation sites (tertiary alicyclic amines) is 1. The van der Waals surface area contributed by atoms with Crippen molar-refractivity contribution < 1.29 is 20.0 Å². The molecule has 1 aromatic carbocycles. The molecule has 0 radical (unpaired) electrons. The van der Waals surface area contributed by atoms with Gasteiger partial charge in [-0.25, -0.2) is 18.1 Å². The van der Waals surface area contributed by atoms with Gasteiger partial charge in [-0.3, -0.25) is 9.48 Å². The SMILES string of the molecule is [2H]C([2H])(CC)c1nn(C([2H])([2H])[2H])c2c(=O)[nH]c(-c3cc(S(=O)(=O)NCCC4CCCN4C)ccc3OCCC)nc12. The molecule has 1 aliphatic rings. The molecule has 196 valence electrons. The standard InChI is InChI=1S/C25H36N6O4S/c1-5-8-20-22-23(31(4)29-20)25(32)28-24(27-22)19-16-18(10-11-21(19)35-15-6-2)36(33,34)26-13-12-17-9-7-14-30(17)3/h10-11,16-17,26H,5-9,12-15H2,1-4H3,(H,27,28,32)/i4D3,8D2. The third-order valence-electron chi connectivity index (χ3n) is 6.29. The number of hydrogen-bond acceptors (Lipinski definition) is 7. The second-order valence-corrected chi connectivity index (χ2v) is 10.6. The molecule has 11 heteroatoms. The molecular formula is C25H36N6O4S. The molecule has 10 nitrogen and oxygen atoms in total. The largest absolute Gasteiger partial charge is 0.493 e. The summed E-state index contributed by atoms with van der Waals surface area (Å²) in [5, 5.41) is 3.96. The lowest BCUT2D eigenvalue weighted by atomic mass is 10.1. The Morgan fingerprint density at radius 1 is 1.33 bits per heavy atom. The summed E-state index contributed by atoms with van der Waals surface area (Å²) in [5.74, 6) is 0.153. The summed E-state index contributed by atoms with van der Waals surface area (Å²) in [7, 11) is -1.91. The first-order chi connectivity index (χ1) is 19.2. The Labute approximate surface area is 219 Å². The second kappa shape index (κ2) is 11.1. The number of aromatic nitrogens is 4. The van der Waals surface area contributed by atoms with Crippen LogP contribution in [0.5, 0.6) is 5.75 Å². The summed E-state index contributed by atoms with van der Waals surface area (Å²) in [6.07, 6.45) is 1.29. The van der Waals surface area contributed by atoms with Gasteiger partial charge in [0, 0.05) is 26.4 Å². The second-order valence-electron chi connectivity index (χ2n) is 8.87. The van der Waals surface area contributed by atoms with Crippen LogP contribution in [0.15, 0.2) is 27.9 Å². The van der Waals surface area contributed by atoms with E-state index in [0.717, 1.165) is 19.4 Å². The third-order valence-corrected chi connectivity index (χ3v) is 7.75. The quantitative estimate of drug-likeness (QED) is 0.398. The van der Waals surface area contributed by atoms with Gasteiger partial charge in [-0.2, -0.15) is 5.10 Å². The Kier molecular flexibility index (Phi) is 6.26. The van der Waals surface area contributed by atoms with E-state index in [1.807, 2.05) is 14.0 Å². The van der Waals surface area contributed by atoms with E-state index in [9.17, 15) is 13.2 Å². The number of rotatable bonds is 11. The van der Waals surface area contributed by atoms with E-state index in [2.05, 4.69) is 24.7 Å². The van der Waals surface area contributed by atoms with Gasteiger partial charge in [-0.15, -0.1) is 0 Å². The molecule has 0 saturated carbocycles. The molecule has 2 N–H and O–H groups in total. The highest BCUT2D eigenvalue weighted by atomic mass is 32.2. The Bertz CT molecular complexity index is 1570. The highest BCUT2D eigenvalue weighted by Crippen LogP contribution is 2.31. The van der Waals surface area contributed by atoms with E-state index in [1.54, 1.807) is 6.92 Å². The zero-order valence-electron chi connectivity index (χ0n) is 25.8. The third kappa shape index (κ3) is 5.47. The first kappa shape index (κ1) is 20.3. The molecule has 1 saturated heterocycles. The molecule has 0 aliphatic carbocycles. The minimum absolute atomic E-state index is 0.0508. The Morgan fingerprint density at radius 2 is 2.17 bits per heavy atom. The van der Waals surface area contributed by atoms with Gasteiger partial charge in [0.05, 0.1) is 22.8 Å². The van der Waals surface area contributed by atoms with Crippen molar-refractivity contribution in [2.75, 3.05) is 26.7 Å². The van der Waals surface area contributed by atoms with Gasteiger partial charge in [0.1, 0.15) is 17.1 Å². The van der Waals surface area contributed by atoms with Crippen LogP contribution in [0.4, 0.5) is 0 Å². The van der Waals surface area contributed by atoms with E-state index < -0.39 is 34.4 Å². The zero-order chi connectivity index (χ0) is 30.2. The average molecular weight is 522 g/mol. The molecular weight excluding hydrogens is 480 g/mol. The summed E-state index contributed by atoms with van der Waals surface area (Å²) >= 11 is 0. The van der Waals surface area contributed by atoms with Crippen LogP contribution in [0, 0.1) is 0 Å². The van der Waals surface area contributed by atoms with Crippen molar-refractivity contribution in [2.24, 2.45) is 6.98 Å². The molecule has 0 spiro atoms. The molecule has 1 atom stereocenters. The molecule has 36 heavy (non-hydrogen) atoms. The van der Waals surface area contributed by atoms with Crippen LogP contribution in [0.1, 0.15) is 58.5 Å². The van der Waals surface area contributed by atoms with E-state index >= 15 is 0 Å². The molecule has 2 aromatic heterocycles. The lowest BCUT2D eigenvalue weighted by molar-refractivity contribution is 0.297. The van der Waals surface area contributed by atoms with E-state index in [4.69, 9.17) is 11.6 Å². The minimum Gasteiger partial charge on any atom is -0.493 e. The molecule has 3 heterocycles. The van der Waals surface area contributed by atoms with Crippen molar-refractivity contribution in [1.82, 2.24) is 29.4 Å². The predicted molar refractivity (Wildman–Crippen MR) is 140 cm³/mol. The average Bonchev–Trinajstić information content (AvgIpc) is 3.51. The van der Waals surface area contributed by atoms with Gasteiger partial charge in [0.2, 0.25) is 10.0 Å². The highest BCUT2D eigenvalue weighted by molar-refractivity contribution is 7.89. The topological polar surface area (TPSA) is 122 Å². The number of fused-ring (bicyclic) bond motifs is 1. The smallest absolute Gasteiger partial charge is 0.277 e. The van der Waals surface area contributed by atoms with E-state index in [-0.39, 0.29) is 46.2 Å². The number of ether oxygens (including phenoxy) is 1. The van der Waals surface area contributed by atoms with Gasteiger partial charge in [0.15, 0.2) is 5.52 Å². The van der Waals surface area contributed by atoms with E-state index in [0.29, 0.717) is 30.2 Å². The van der Waals surface area contributed by atoms with Crippen molar-refractivity contribution in [3.05, 3.63) is 34.2 Å². The maximum Gasteiger partial charge on any atom is 0.277 e. The molecule has 4 rings (SSSR count). The first-order valence-electron chi connectivity index (χ1n) is 14.7. The summed E-state index contributed by atoms with van der Waals surface area (Å²) < 4.78 is 75.6. The van der Waals surface area contributed by atoms with Crippen LogP contribution < -0.4 is 15.0 Å². The van der Waals surface area contributed by atoms with Gasteiger partial charge in [-0.05, 0) is 63.8 Å². The van der Waals surface area contributed by atoms with Gasteiger partial charge in [-0.1, -0.05) is 20.3 Å². The zero-order valence-corrected chi connectivity index (χ0v) is 21.6. The lowest BCUT2D eigenvalue weighted by Gasteiger charge is -2.19. The number of aryl methyl sites for hydroxylation is 2. The maximum atomic E-state index is 13.3. The van der Waals surface area contributed by atoms with Crippen LogP contribution in [-0.4, -0.2) is 65.9 Å². The summed E-state index contributed by atoms with van der Waals surface area (Å²) in [6.45, 7) is 2.15. The van der Waals surface area contributed by atoms with Crippen LogP contribution in [0.3, 0.4) is 0 Å². The van der Waals surface area contributed by atoms with Crippen LogP contribution in [0.2, 0.25) is 0 Å². The number of aromatic amines is 1. The Morgan fingerprint density at radius 3 is 2.86 bits per heavy atom. The Balaban J connectivity index is 1.81. The number of nitrogens with one attached hydrogen (secondary N) is 2. The van der Waals surface area contributed by atoms with Crippen molar-refractivity contribution in [3.8, 4) is 17.1 Å². The number of H-pyrrole nitrogens is 1. The number of hydrogen-bond donors (Lipinski definition) is 2. The monoisotopic (exact) mass is 521 g/mol.